The molecule has 226 valence electrons. The fraction of sp³-hybridized carbons (Fsp3) is 0.857. The Kier molecular flexibility index (Phi) is 4.97. The number of carbonyl (C=O) groups is 2. The predicted octanol–water partition coefficient (Wildman–Crippen LogP) is -1.61. The van der Waals surface area contributed by atoms with E-state index in [9.17, 15) is 30.0 Å². The van der Waals surface area contributed by atoms with Crippen LogP contribution in [0.3, 0.4) is 0 Å². The molecule has 41 heavy (non-hydrogen) atoms. The highest BCUT2D eigenvalue weighted by molar-refractivity contribution is 5.80. The normalized spacial score (nSPS) is 62.2. The van der Waals surface area contributed by atoms with E-state index in [1.54, 1.807) is 13.0 Å². The summed E-state index contributed by atoms with van der Waals surface area (Å²) < 4.78 is 41.4. The predicted molar refractivity (Wildman–Crippen MR) is 130 cm³/mol. The highest BCUT2D eigenvalue weighted by Crippen LogP contribution is 2.81. The maximum absolute atomic E-state index is 13.5. The molecule has 8 aliphatic rings. The third-order valence-corrected chi connectivity index (χ3v) is 12.8. The van der Waals surface area contributed by atoms with E-state index in [-0.39, 0.29) is 19.6 Å². The average Bonchev–Trinajstić information content (AvgIpc) is 3.39. The van der Waals surface area contributed by atoms with Crippen molar-refractivity contribution in [3.8, 4) is 0 Å². The number of fused-ring (bicyclic) bond motifs is 7. The molecule has 0 radical (unpaired) electrons. The summed E-state index contributed by atoms with van der Waals surface area (Å²) in [6, 6.07) is 0. The van der Waals surface area contributed by atoms with E-state index in [1.165, 1.54) is 20.5 Å². The number of carbonyl (C=O) groups excluding carboxylic acids is 2. The van der Waals surface area contributed by atoms with Gasteiger partial charge in [0.2, 0.25) is 6.29 Å². The number of hydrogen-bond acceptors (Lipinski definition) is 13. The van der Waals surface area contributed by atoms with Gasteiger partial charge in [-0.15, -0.1) is 0 Å². The lowest BCUT2D eigenvalue weighted by Crippen LogP contribution is -2.77. The van der Waals surface area contributed by atoms with Crippen LogP contribution < -0.4 is 0 Å². The van der Waals surface area contributed by atoms with Crippen molar-refractivity contribution >= 4 is 11.9 Å². The molecule has 0 amide bonds. The lowest BCUT2D eigenvalue weighted by molar-refractivity contribution is -0.295. The van der Waals surface area contributed by atoms with Gasteiger partial charge in [0.1, 0.15) is 16.6 Å². The molecule has 4 saturated heterocycles. The topological polar surface area (TPSA) is 183 Å². The summed E-state index contributed by atoms with van der Waals surface area (Å²) in [6.07, 6.45) is -4.70. The fourth-order valence-corrected chi connectivity index (χ4v) is 11.3. The van der Waals surface area contributed by atoms with Gasteiger partial charge in [0.15, 0.2) is 11.7 Å². The van der Waals surface area contributed by atoms with Crippen LogP contribution in [0.2, 0.25) is 0 Å². The minimum Gasteiger partial charge on any atom is -0.469 e. The van der Waals surface area contributed by atoms with Crippen molar-refractivity contribution in [1.82, 2.24) is 0 Å². The third-order valence-electron chi connectivity index (χ3n) is 12.8. The molecule has 13 nitrogen and oxygen atoms in total. The largest absolute Gasteiger partial charge is 0.469 e. The highest BCUT2D eigenvalue weighted by atomic mass is 16.7. The summed E-state index contributed by atoms with van der Waals surface area (Å²) in [6.45, 7) is 3.25. The average molecular weight is 581 g/mol. The Morgan fingerprint density at radius 1 is 0.976 bits per heavy atom. The molecular weight excluding hydrogens is 544 g/mol. The van der Waals surface area contributed by atoms with Crippen LogP contribution in [0.25, 0.3) is 0 Å². The molecule has 0 unspecified atom stereocenters. The highest BCUT2D eigenvalue weighted by Gasteiger charge is 2.95. The molecule has 0 aromatic carbocycles. The Bertz CT molecular complexity index is 1260. The second-order valence-electron chi connectivity index (χ2n) is 13.6. The fourth-order valence-electron chi connectivity index (χ4n) is 11.3. The number of aliphatic hydroxyl groups excluding tert-OH is 3. The quantitative estimate of drug-likeness (QED) is 0.221. The first-order valence-corrected chi connectivity index (χ1v) is 14.2. The number of epoxide rings is 1. The molecule has 4 N–H and O–H groups in total. The second kappa shape index (κ2) is 7.62. The van der Waals surface area contributed by atoms with Crippen LogP contribution in [0.1, 0.15) is 26.7 Å². The first-order chi connectivity index (χ1) is 19.4. The smallest absolute Gasteiger partial charge is 0.335 e. The summed E-state index contributed by atoms with van der Waals surface area (Å²) in [5, 5.41) is 47.3. The Labute approximate surface area is 235 Å². The van der Waals surface area contributed by atoms with E-state index in [4.69, 9.17) is 33.2 Å². The number of esters is 2. The molecule has 0 aromatic heterocycles. The van der Waals surface area contributed by atoms with Crippen LogP contribution in [0, 0.1) is 34.0 Å². The minimum absolute atomic E-state index is 0.156. The van der Waals surface area contributed by atoms with Crippen LogP contribution in [-0.2, 0) is 42.7 Å². The van der Waals surface area contributed by atoms with Crippen LogP contribution >= 0.6 is 0 Å². The van der Waals surface area contributed by atoms with Gasteiger partial charge in [-0.3, -0.25) is 4.79 Å². The molecule has 1 spiro atoms. The molecule has 3 saturated carbocycles. The van der Waals surface area contributed by atoms with Crippen molar-refractivity contribution in [2.24, 2.45) is 34.0 Å². The van der Waals surface area contributed by atoms with Gasteiger partial charge in [-0.2, -0.15) is 0 Å². The summed E-state index contributed by atoms with van der Waals surface area (Å²) in [5.74, 6) is -3.81. The molecule has 16 atom stereocenters. The molecule has 5 aliphatic heterocycles. The minimum atomic E-state index is -1.61. The molecule has 7 fully saturated rings. The summed E-state index contributed by atoms with van der Waals surface area (Å²) in [5.41, 5.74) is -8.10. The van der Waals surface area contributed by atoms with E-state index >= 15 is 0 Å². The number of ether oxygens (including phenoxy) is 7. The van der Waals surface area contributed by atoms with Gasteiger partial charge in [0.05, 0.1) is 64.2 Å². The standard InChI is InChI=1S/C28H36O13/c1-23(28-14-7-11(24(28,2)41-28)27(34)5-6-37-22(27)40-14)17-16(20(32)35-3)39-9-25(17)12(29)8-13(30)26(21(33)36-4)10-38-15(18(25)26)19(23)31/h5-6,11-19,22,29-31,34H,7-10H2,1-4H3/t11-,12+,13-,14+,15-,16+,17+,18+,19-,22+,23+,24+,25-,26+,27+,28+/m1/s1. The first-order valence-electron chi connectivity index (χ1n) is 14.2. The number of rotatable bonds is 3. The van der Waals surface area contributed by atoms with Crippen molar-refractivity contribution in [3.05, 3.63) is 12.3 Å². The van der Waals surface area contributed by atoms with Crippen LogP contribution in [0.4, 0.5) is 0 Å². The van der Waals surface area contributed by atoms with Crippen LogP contribution in [-0.4, -0.2) is 120 Å². The van der Waals surface area contributed by atoms with E-state index in [0.717, 1.165) is 0 Å². The Morgan fingerprint density at radius 3 is 2.44 bits per heavy atom. The van der Waals surface area contributed by atoms with E-state index in [2.05, 4.69) is 0 Å². The van der Waals surface area contributed by atoms with Gasteiger partial charge in [-0.05, 0) is 19.4 Å². The van der Waals surface area contributed by atoms with E-state index < -0.39 is 106 Å². The van der Waals surface area contributed by atoms with Gasteiger partial charge in [-0.25, -0.2) is 4.79 Å². The number of hydrogen-bond donors (Lipinski definition) is 4. The maximum atomic E-state index is 13.5. The second-order valence-corrected chi connectivity index (χ2v) is 13.6. The first kappa shape index (κ1) is 26.8. The summed E-state index contributed by atoms with van der Waals surface area (Å²) >= 11 is 0. The van der Waals surface area contributed by atoms with Crippen molar-refractivity contribution in [2.45, 2.75) is 86.4 Å². The zero-order chi connectivity index (χ0) is 29.1. The van der Waals surface area contributed by atoms with Gasteiger partial charge >= 0.3 is 11.9 Å². The van der Waals surface area contributed by atoms with Crippen LogP contribution in [0.15, 0.2) is 12.3 Å². The summed E-state index contributed by atoms with van der Waals surface area (Å²) in [7, 11) is 2.45. The van der Waals surface area contributed by atoms with Crippen LogP contribution in [0.5, 0.6) is 0 Å². The zero-order valence-electron chi connectivity index (χ0n) is 23.2. The van der Waals surface area contributed by atoms with Gasteiger partial charge in [0, 0.05) is 35.0 Å². The van der Waals surface area contributed by atoms with Gasteiger partial charge in [0.25, 0.3) is 0 Å². The van der Waals surface area contributed by atoms with Crippen molar-refractivity contribution in [3.63, 3.8) is 0 Å². The lowest BCUT2D eigenvalue weighted by Gasteiger charge is -2.65. The Balaban J connectivity index is 1.35. The molecule has 3 aliphatic carbocycles. The third kappa shape index (κ3) is 2.43. The zero-order valence-corrected chi connectivity index (χ0v) is 23.2. The molecule has 2 bridgehead atoms. The van der Waals surface area contributed by atoms with E-state index in [1.807, 2.05) is 6.92 Å². The Hall–Kier alpha value is -1.84. The lowest BCUT2D eigenvalue weighted by atomic mass is 9.38. The summed E-state index contributed by atoms with van der Waals surface area (Å²) in [4.78, 5) is 26.8. The Morgan fingerprint density at radius 2 is 1.73 bits per heavy atom. The maximum Gasteiger partial charge on any atom is 0.335 e. The molecular formula is C28H36O13. The van der Waals surface area contributed by atoms with Crippen molar-refractivity contribution in [2.75, 3.05) is 27.4 Å². The number of methoxy groups -OCH3 is 2. The SMILES string of the molecule is COC(=O)[C@H]1OC[C@@]23[C@@H]4[C@@H](OC[C@]4(C(=O)OC)[C@H](O)C[C@@H]2O)[C@@H](O)[C@@](C)([C@]24O[C@@]2(C)[C@H]2C[C@@H]4O[C@@H]4OC=C[C@@]42O)[C@H]13. The van der Waals surface area contributed by atoms with Gasteiger partial charge in [-0.1, -0.05) is 6.92 Å². The molecule has 8 rings (SSSR count). The monoisotopic (exact) mass is 580 g/mol. The van der Waals surface area contributed by atoms with Crippen molar-refractivity contribution in [1.29, 1.82) is 0 Å². The van der Waals surface area contributed by atoms with E-state index in [0.29, 0.717) is 6.42 Å². The molecule has 0 aromatic rings. The molecule has 13 heteroatoms. The van der Waals surface area contributed by atoms with Gasteiger partial charge < -0.3 is 53.6 Å². The van der Waals surface area contributed by atoms with Crippen molar-refractivity contribution < 1.29 is 63.2 Å². The number of aliphatic hydroxyl groups is 4. The molecule has 5 heterocycles.